The van der Waals surface area contributed by atoms with Gasteiger partial charge in [0.15, 0.2) is 0 Å². The first-order valence-electron chi connectivity index (χ1n) is 6.97. The van der Waals surface area contributed by atoms with Crippen LogP contribution < -0.4 is 5.32 Å². The molecule has 1 rings (SSSR count). The topological polar surface area (TPSA) is 65.8 Å². The summed E-state index contributed by atoms with van der Waals surface area (Å²) in [7, 11) is 1.66. The van der Waals surface area contributed by atoms with Crippen molar-refractivity contribution in [3.8, 4) is 0 Å². The molecule has 0 fully saturated rings. The van der Waals surface area contributed by atoms with Gasteiger partial charge in [-0.1, -0.05) is 5.16 Å². The molecular formula is C14H26N2O4. The van der Waals surface area contributed by atoms with Gasteiger partial charge in [0, 0.05) is 25.3 Å². The molecule has 1 aromatic heterocycles. The smallest absolute Gasteiger partial charge is 0.138 e. The first-order valence-corrected chi connectivity index (χ1v) is 6.97. The number of methoxy groups -OCH3 is 1. The molecule has 0 amide bonds. The highest BCUT2D eigenvalue weighted by atomic mass is 16.5. The van der Waals surface area contributed by atoms with Gasteiger partial charge in [-0.15, -0.1) is 0 Å². The number of hydrogen-bond acceptors (Lipinski definition) is 6. The Morgan fingerprint density at radius 3 is 2.35 bits per heavy atom. The molecule has 0 saturated carbocycles. The fourth-order valence-electron chi connectivity index (χ4n) is 2.02. The van der Waals surface area contributed by atoms with Gasteiger partial charge in [0.2, 0.25) is 0 Å². The van der Waals surface area contributed by atoms with E-state index in [4.69, 9.17) is 18.7 Å². The summed E-state index contributed by atoms with van der Waals surface area (Å²) in [6.07, 6.45) is 0. The molecule has 20 heavy (non-hydrogen) atoms. The van der Waals surface area contributed by atoms with E-state index in [1.807, 2.05) is 13.8 Å². The van der Waals surface area contributed by atoms with Crippen molar-refractivity contribution in [1.29, 1.82) is 0 Å². The van der Waals surface area contributed by atoms with Gasteiger partial charge in [-0.2, -0.15) is 0 Å². The Balaban J connectivity index is 2.04. The quantitative estimate of drug-likeness (QED) is 0.624. The van der Waals surface area contributed by atoms with E-state index in [0.29, 0.717) is 33.0 Å². The molecule has 6 heteroatoms. The second-order valence-corrected chi connectivity index (χ2v) is 4.63. The molecule has 0 aliphatic carbocycles. The van der Waals surface area contributed by atoms with Crippen LogP contribution in [0, 0.1) is 13.8 Å². The molecule has 0 bridgehead atoms. The lowest BCUT2D eigenvalue weighted by atomic mass is 10.1. The molecule has 0 aliphatic heterocycles. The SMILES string of the molecule is COCCOCCOCCNC(C)c1c(C)noc1C. The largest absolute Gasteiger partial charge is 0.382 e. The van der Waals surface area contributed by atoms with E-state index in [0.717, 1.165) is 23.6 Å². The summed E-state index contributed by atoms with van der Waals surface area (Å²) in [6.45, 7) is 9.86. The van der Waals surface area contributed by atoms with Gasteiger partial charge in [0.25, 0.3) is 0 Å². The summed E-state index contributed by atoms with van der Waals surface area (Å²) in [5, 5.41) is 7.35. The van der Waals surface area contributed by atoms with Gasteiger partial charge < -0.3 is 24.1 Å². The Labute approximate surface area is 120 Å². The number of hydrogen-bond donors (Lipinski definition) is 1. The highest BCUT2D eigenvalue weighted by molar-refractivity contribution is 5.24. The molecule has 0 saturated heterocycles. The Bertz CT molecular complexity index is 349. The monoisotopic (exact) mass is 286 g/mol. The van der Waals surface area contributed by atoms with Crippen molar-refractivity contribution in [2.75, 3.05) is 46.7 Å². The molecule has 0 radical (unpaired) electrons. The van der Waals surface area contributed by atoms with E-state index in [2.05, 4.69) is 17.4 Å². The number of aryl methyl sites for hydroxylation is 2. The molecule has 0 spiro atoms. The van der Waals surface area contributed by atoms with Crippen molar-refractivity contribution in [2.45, 2.75) is 26.8 Å². The highest BCUT2D eigenvalue weighted by Crippen LogP contribution is 2.20. The van der Waals surface area contributed by atoms with E-state index in [1.165, 1.54) is 0 Å². The van der Waals surface area contributed by atoms with Crippen molar-refractivity contribution >= 4 is 0 Å². The maximum Gasteiger partial charge on any atom is 0.138 e. The summed E-state index contributed by atoms with van der Waals surface area (Å²) in [4.78, 5) is 0. The molecule has 116 valence electrons. The zero-order valence-electron chi connectivity index (χ0n) is 12.9. The van der Waals surface area contributed by atoms with Crippen LogP contribution in [0.25, 0.3) is 0 Å². The van der Waals surface area contributed by atoms with Gasteiger partial charge >= 0.3 is 0 Å². The Morgan fingerprint density at radius 2 is 1.75 bits per heavy atom. The number of aromatic nitrogens is 1. The third-order valence-corrected chi connectivity index (χ3v) is 3.02. The molecule has 0 aromatic carbocycles. The minimum atomic E-state index is 0.211. The van der Waals surface area contributed by atoms with Crippen LogP contribution in [-0.4, -0.2) is 51.8 Å². The standard InChI is InChI=1S/C14H26N2O4/c1-11(14-12(2)16-20-13(14)3)15-5-6-18-9-10-19-8-7-17-4/h11,15H,5-10H2,1-4H3. The summed E-state index contributed by atoms with van der Waals surface area (Å²) >= 11 is 0. The number of nitrogens with zero attached hydrogens (tertiary/aromatic N) is 1. The minimum absolute atomic E-state index is 0.211. The van der Waals surface area contributed by atoms with Crippen LogP contribution in [0.5, 0.6) is 0 Å². The summed E-state index contributed by atoms with van der Waals surface area (Å²) < 4.78 is 20.8. The van der Waals surface area contributed by atoms with Crippen LogP contribution in [-0.2, 0) is 14.2 Å². The maximum atomic E-state index is 5.47. The lowest BCUT2D eigenvalue weighted by molar-refractivity contribution is 0.0253. The zero-order valence-corrected chi connectivity index (χ0v) is 12.9. The fourth-order valence-corrected chi connectivity index (χ4v) is 2.02. The van der Waals surface area contributed by atoms with Crippen LogP contribution in [0.15, 0.2) is 4.52 Å². The second kappa shape index (κ2) is 9.88. The van der Waals surface area contributed by atoms with E-state index in [9.17, 15) is 0 Å². The summed E-state index contributed by atoms with van der Waals surface area (Å²) in [6, 6.07) is 0.211. The van der Waals surface area contributed by atoms with Gasteiger partial charge in [-0.25, -0.2) is 0 Å². The highest BCUT2D eigenvalue weighted by Gasteiger charge is 2.15. The summed E-state index contributed by atoms with van der Waals surface area (Å²) in [5.74, 6) is 0.870. The lowest BCUT2D eigenvalue weighted by Crippen LogP contribution is -2.24. The fraction of sp³-hybridized carbons (Fsp3) is 0.786. The maximum absolute atomic E-state index is 5.47. The van der Waals surface area contributed by atoms with Crippen molar-refractivity contribution in [2.24, 2.45) is 0 Å². The average molecular weight is 286 g/mol. The number of rotatable bonds is 11. The lowest BCUT2D eigenvalue weighted by Gasteiger charge is -2.13. The van der Waals surface area contributed by atoms with Gasteiger partial charge in [-0.3, -0.25) is 0 Å². The molecule has 0 aliphatic rings. The van der Waals surface area contributed by atoms with E-state index >= 15 is 0 Å². The molecule has 1 unspecified atom stereocenters. The molecular weight excluding hydrogens is 260 g/mol. The average Bonchev–Trinajstić information content (AvgIpc) is 2.76. The van der Waals surface area contributed by atoms with Crippen LogP contribution in [0.1, 0.15) is 30.0 Å². The van der Waals surface area contributed by atoms with Crippen LogP contribution >= 0.6 is 0 Å². The van der Waals surface area contributed by atoms with E-state index in [1.54, 1.807) is 7.11 Å². The van der Waals surface area contributed by atoms with Crippen LogP contribution in [0.4, 0.5) is 0 Å². The molecule has 1 N–H and O–H groups in total. The Kier molecular flexibility index (Phi) is 8.45. The second-order valence-electron chi connectivity index (χ2n) is 4.63. The Morgan fingerprint density at radius 1 is 1.10 bits per heavy atom. The van der Waals surface area contributed by atoms with Crippen molar-refractivity contribution in [3.05, 3.63) is 17.0 Å². The third kappa shape index (κ3) is 6.00. The van der Waals surface area contributed by atoms with Crippen molar-refractivity contribution in [1.82, 2.24) is 10.5 Å². The van der Waals surface area contributed by atoms with Gasteiger partial charge in [-0.05, 0) is 20.8 Å². The van der Waals surface area contributed by atoms with E-state index in [-0.39, 0.29) is 6.04 Å². The predicted octanol–water partition coefficient (Wildman–Crippen LogP) is 1.62. The zero-order chi connectivity index (χ0) is 14.8. The molecule has 1 aromatic rings. The normalized spacial score (nSPS) is 12.8. The Hall–Kier alpha value is -0.950. The molecule has 1 heterocycles. The number of ether oxygens (including phenoxy) is 3. The van der Waals surface area contributed by atoms with Crippen molar-refractivity contribution < 1.29 is 18.7 Å². The minimum Gasteiger partial charge on any atom is -0.382 e. The van der Waals surface area contributed by atoms with Crippen LogP contribution in [0.3, 0.4) is 0 Å². The predicted molar refractivity (Wildman–Crippen MR) is 75.9 cm³/mol. The van der Waals surface area contributed by atoms with Gasteiger partial charge in [0.1, 0.15) is 5.76 Å². The van der Waals surface area contributed by atoms with E-state index < -0.39 is 0 Å². The first-order chi connectivity index (χ1) is 9.66. The van der Waals surface area contributed by atoms with Crippen molar-refractivity contribution in [3.63, 3.8) is 0 Å². The first kappa shape index (κ1) is 17.1. The number of nitrogens with one attached hydrogen (secondary N) is 1. The summed E-state index contributed by atoms with van der Waals surface area (Å²) in [5.41, 5.74) is 2.07. The molecule has 1 atom stereocenters. The van der Waals surface area contributed by atoms with Gasteiger partial charge in [0.05, 0.1) is 38.7 Å². The van der Waals surface area contributed by atoms with Crippen LogP contribution in [0.2, 0.25) is 0 Å². The molecule has 6 nitrogen and oxygen atoms in total. The third-order valence-electron chi connectivity index (χ3n) is 3.02.